The molecule has 0 atom stereocenters. The Bertz CT molecular complexity index is 397. The van der Waals surface area contributed by atoms with Gasteiger partial charge in [0.05, 0.1) is 7.11 Å². The quantitative estimate of drug-likeness (QED) is 0.851. The van der Waals surface area contributed by atoms with E-state index in [0.29, 0.717) is 5.56 Å². The van der Waals surface area contributed by atoms with Gasteiger partial charge in [-0.1, -0.05) is 0 Å². The van der Waals surface area contributed by atoms with Crippen molar-refractivity contribution in [2.24, 2.45) is 0 Å². The molecule has 0 heterocycles. The molecule has 0 radical (unpaired) electrons. The zero-order valence-electron chi connectivity index (χ0n) is 10.5. The first-order valence-corrected chi connectivity index (χ1v) is 5.42. The zero-order chi connectivity index (χ0) is 12.3. The molecule has 0 saturated carbocycles. The van der Waals surface area contributed by atoms with E-state index in [1.165, 1.54) is 0 Å². The first-order valence-electron chi connectivity index (χ1n) is 5.42. The van der Waals surface area contributed by atoms with Crippen molar-refractivity contribution in [3.8, 4) is 5.75 Å². The molecule has 16 heavy (non-hydrogen) atoms. The van der Waals surface area contributed by atoms with Gasteiger partial charge in [-0.05, 0) is 51.0 Å². The van der Waals surface area contributed by atoms with Crippen LogP contribution in [0.15, 0.2) is 12.1 Å². The van der Waals surface area contributed by atoms with Crippen molar-refractivity contribution in [1.82, 2.24) is 5.32 Å². The number of nitrogens with one attached hydrogen (secondary N) is 1. The summed E-state index contributed by atoms with van der Waals surface area (Å²) in [5.74, 6) is 0.789. The maximum absolute atomic E-state index is 11.9. The van der Waals surface area contributed by atoms with E-state index in [-0.39, 0.29) is 11.9 Å². The van der Waals surface area contributed by atoms with E-state index in [9.17, 15) is 4.79 Å². The fourth-order valence-electron chi connectivity index (χ4n) is 1.60. The highest BCUT2D eigenvalue weighted by Gasteiger charge is 2.13. The predicted molar refractivity (Wildman–Crippen MR) is 65.1 cm³/mol. The van der Waals surface area contributed by atoms with Gasteiger partial charge in [0.1, 0.15) is 5.75 Å². The molecule has 1 aromatic carbocycles. The summed E-state index contributed by atoms with van der Waals surface area (Å²) in [7, 11) is 1.63. The van der Waals surface area contributed by atoms with Gasteiger partial charge in [0.15, 0.2) is 0 Å². The van der Waals surface area contributed by atoms with Crippen molar-refractivity contribution in [2.45, 2.75) is 33.7 Å². The Morgan fingerprint density at radius 2 is 1.88 bits per heavy atom. The SMILES string of the molecule is COc1ccc(C(=O)NC(C)C)c(C)c1C. The van der Waals surface area contributed by atoms with E-state index < -0.39 is 0 Å². The molecule has 1 rings (SSSR count). The van der Waals surface area contributed by atoms with Crippen LogP contribution in [0.25, 0.3) is 0 Å². The fourth-order valence-corrected chi connectivity index (χ4v) is 1.60. The normalized spacial score (nSPS) is 10.4. The Kier molecular flexibility index (Phi) is 3.93. The van der Waals surface area contributed by atoms with Crippen LogP contribution in [0.2, 0.25) is 0 Å². The van der Waals surface area contributed by atoms with Gasteiger partial charge in [-0.3, -0.25) is 4.79 Å². The summed E-state index contributed by atoms with van der Waals surface area (Å²) in [6.07, 6.45) is 0. The van der Waals surface area contributed by atoms with Crippen LogP contribution >= 0.6 is 0 Å². The van der Waals surface area contributed by atoms with Crippen LogP contribution < -0.4 is 10.1 Å². The summed E-state index contributed by atoms with van der Waals surface area (Å²) >= 11 is 0. The standard InChI is InChI=1S/C13H19NO2/c1-8(2)14-13(15)11-6-7-12(16-5)10(4)9(11)3/h6-8H,1-5H3,(H,14,15). The largest absolute Gasteiger partial charge is 0.496 e. The Morgan fingerprint density at radius 3 is 2.38 bits per heavy atom. The second kappa shape index (κ2) is 5.01. The number of hydrogen-bond acceptors (Lipinski definition) is 2. The minimum Gasteiger partial charge on any atom is -0.496 e. The molecular formula is C13H19NO2. The summed E-state index contributed by atoms with van der Waals surface area (Å²) in [5.41, 5.74) is 2.70. The summed E-state index contributed by atoms with van der Waals surface area (Å²) in [4.78, 5) is 11.9. The van der Waals surface area contributed by atoms with Crippen molar-refractivity contribution in [2.75, 3.05) is 7.11 Å². The average Bonchev–Trinajstić information content (AvgIpc) is 2.20. The third-order valence-corrected chi connectivity index (χ3v) is 2.62. The van der Waals surface area contributed by atoms with Crippen LogP contribution in [0.4, 0.5) is 0 Å². The fraction of sp³-hybridized carbons (Fsp3) is 0.462. The first kappa shape index (κ1) is 12.6. The molecule has 0 aromatic heterocycles. The maximum atomic E-state index is 11.9. The molecule has 0 aliphatic heterocycles. The summed E-state index contributed by atoms with van der Waals surface area (Å²) in [6, 6.07) is 3.78. The molecule has 88 valence electrons. The molecular weight excluding hydrogens is 202 g/mol. The molecule has 0 aliphatic carbocycles. The van der Waals surface area contributed by atoms with Gasteiger partial charge >= 0.3 is 0 Å². The summed E-state index contributed by atoms with van der Waals surface area (Å²) in [5, 5.41) is 2.88. The van der Waals surface area contributed by atoms with Gasteiger partial charge in [0.25, 0.3) is 5.91 Å². The minimum absolute atomic E-state index is 0.0294. The van der Waals surface area contributed by atoms with E-state index >= 15 is 0 Å². The number of carbonyl (C=O) groups is 1. The summed E-state index contributed by atoms with van der Waals surface area (Å²) in [6.45, 7) is 7.79. The van der Waals surface area contributed by atoms with Gasteiger partial charge in [-0.15, -0.1) is 0 Å². The van der Waals surface area contributed by atoms with Gasteiger partial charge < -0.3 is 10.1 Å². The molecule has 3 nitrogen and oxygen atoms in total. The third-order valence-electron chi connectivity index (χ3n) is 2.62. The van der Waals surface area contributed by atoms with E-state index in [0.717, 1.165) is 16.9 Å². The van der Waals surface area contributed by atoms with Gasteiger partial charge in [-0.2, -0.15) is 0 Å². The van der Waals surface area contributed by atoms with Gasteiger partial charge in [-0.25, -0.2) is 0 Å². The van der Waals surface area contributed by atoms with E-state index in [2.05, 4.69) is 5.32 Å². The Morgan fingerprint density at radius 1 is 1.25 bits per heavy atom. The molecule has 1 aromatic rings. The Labute approximate surface area is 96.8 Å². The summed E-state index contributed by atoms with van der Waals surface area (Å²) < 4.78 is 5.21. The lowest BCUT2D eigenvalue weighted by atomic mass is 10.0. The first-order chi connectivity index (χ1) is 7.47. The monoisotopic (exact) mass is 221 g/mol. The second-order valence-corrected chi connectivity index (χ2v) is 4.19. The Hall–Kier alpha value is -1.51. The topological polar surface area (TPSA) is 38.3 Å². The van der Waals surface area contributed by atoms with Crippen molar-refractivity contribution >= 4 is 5.91 Å². The molecule has 0 fully saturated rings. The lowest BCUT2D eigenvalue weighted by molar-refractivity contribution is 0.0942. The van der Waals surface area contributed by atoms with Gasteiger partial charge in [0, 0.05) is 11.6 Å². The minimum atomic E-state index is -0.0294. The molecule has 3 heteroatoms. The van der Waals surface area contributed by atoms with Crippen molar-refractivity contribution in [3.63, 3.8) is 0 Å². The number of rotatable bonds is 3. The predicted octanol–water partition coefficient (Wildman–Crippen LogP) is 2.45. The maximum Gasteiger partial charge on any atom is 0.251 e. The number of methoxy groups -OCH3 is 1. The average molecular weight is 221 g/mol. The van der Waals surface area contributed by atoms with E-state index in [1.54, 1.807) is 13.2 Å². The molecule has 0 aliphatic rings. The molecule has 1 N–H and O–H groups in total. The molecule has 0 unspecified atom stereocenters. The highest BCUT2D eigenvalue weighted by Crippen LogP contribution is 2.23. The molecule has 0 saturated heterocycles. The molecule has 1 amide bonds. The molecule has 0 bridgehead atoms. The van der Waals surface area contributed by atoms with Crippen molar-refractivity contribution in [1.29, 1.82) is 0 Å². The number of amides is 1. The van der Waals surface area contributed by atoms with Crippen LogP contribution in [0.5, 0.6) is 5.75 Å². The van der Waals surface area contributed by atoms with Gasteiger partial charge in [0.2, 0.25) is 0 Å². The lowest BCUT2D eigenvalue weighted by Crippen LogP contribution is -2.30. The second-order valence-electron chi connectivity index (χ2n) is 4.19. The number of benzene rings is 1. The number of carbonyl (C=O) groups excluding carboxylic acids is 1. The van der Waals surface area contributed by atoms with Crippen LogP contribution in [-0.4, -0.2) is 19.1 Å². The highest BCUT2D eigenvalue weighted by atomic mass is 16.5. The van der Waals surface area contributed by atoms with E-state index in [1.807, 2.05) is 33.8 Å². The van der Waals surface area contributed by atoms with Crippen molar-refractivity contribution in [3.05, 3.63) is 28.8 Å². The number of ether oxygens (including phenoxy) is 1. The zero-order valence-corrected chi connectivity index (χ0v) is 10.5. The van der Waals surface area contributed by atoms with Crippen LogP contribution in [0, 0.1) is 13.8 Å². The lowest BCUT2D eigenvalue weighted by Gasteiger charge is -2.14. The van der Waals surface area contributed by atoms with Crippen LogP contribution in [0.1, 0.15) is 35.3 Å². The third kappa shape index (κ3) is 2.54. The highest BCUT2D eigenvalue weighted by molar-refractivity contribution is 5.96. The van der Waals surface area contributed by atoms with E-state index in [4.69, 9.17) is 4.74 Å². The van der Waals surface area contributed by atoms with Crippen LogP contribution in [-0.2, 0) is 0 Å². The van der Waals surface area contributed by atoms with Crippen LogP contribution in [0.3, 0.4) is 0 Å². The Balaban J connectivity index is 3.07. The smallest absolute Gasteiger partial charge is 0.251 e. The molecule has 0 spiro atoms. The number of hydrogen-bond donors (Lipinski definition) is 1. The van der Waals surface area contributed by atoms with Crippen molar-refractivity contribution < 1.29 is 9.53 Å².